The van der Waals surface area contributed by atoms with Crippen LogP contribution in [0.2, 0.25) is 10.0 Å². The summed E-state index contributed by atoms with van der Waals surface area (Å²) in [7, 11) is 2.11. The van der Waals surface area contributed by atoms with Crippen LogP contribution in [0.3, 0.4) is 0 Å². The molecule has 1 aliphatic rings. The highest BCUT2D eigenvalue weighted by Crippen LogP contribution is 2.30. The molecule has 0 atom stereocenters. The van der Waals surface area contributed by atoms with Gasteiger partial charge >= 0.3 is 0 Å². The molecule has 1 saturated heterocycles. The van der Waals surface area contributed by atoms with E-state index in [0.29, 0.717) is 28.1 Å². The van der Waals surface area contributed by atoms with E-state index in [4.69, 9.17) is 23.2 Å². The third-order valence-corrected chi connectivity index (χ3v) is 4.36. The molecule has 1 heterocycles. The second-order valence-corrected chi connectivity index (χ2v) is 5.89. The first-order valence-corrected chi connectivity index (χ1v) is 7.24. The Kier molecular flexibility index (Phi) is 5.08. The first-order chi connectivity index (χ1) is 9.06. The molecular weight excluding hydrogens is 283 g/mol. The number of piperidine rings is 1. The van der Waals surface area contributed by atoms with E-state index in [2.05, 4.69) is 17.3 Å². The molecule has 2 rings (SSSR count). The van der Waals surface area contributed by atoms with Gasteiger partial charge in [-0.1, -0.05) is 29.3 Å². The number of benzene rings is 1. The topological polar surface area (TPSA) is 32.3 Å². The van der Waals surface area contributed by atoms with Crippen LogP contribution in [0, 0.1) is 5.92 Å². The fourth-order valence-corrected chi connectivity index (χ4v) is 2.68. The molecule has 0 radical (unpaired) electrons. The number of hydrogen-bond donors (Lipinski definition) is 1. The minimum Gasteiger partial charge on any atom is -0.325 e. The first kappa shape index (κ1) is 14.6. The van der Waals surface area contributed by atoms with Crippen LogP contribution < -0.4 is 5.32 Å². The number of carbonyl (C=O) groups is 1. The average molecular weight is 301 g/mol. The summed E-state index contributed by atoms with van der Waals surface area (Å²) in [6, 6.07) is 5.25. The van der Waals surface area contributed by atoms with Gasteiger partial charge in [-0.15, -0.1) is 0 Å². The van der Waals surface area contributed by atoms with Gasteiger partial charge < -0.3 is 10.2 Å². The highest BCUT2D eigenvalue weighted by atomic mass is 35.5. The lowest BCUT2D eigenvalue weighted by molar-refractivity contribution is -0.117. The maximum Gasteiger partial charge on any atom is 0.224 e. The Balaban J connectivity index is 1.89. The van der Waals surface area contributed by atoms with Crippen LogP contribution in [0.5, 0.6) is 0 Å². The lowest BCUT2D eigenvalue weighted by atomic mass is 9.93. The van der Waals surface area contributed by atoms with E-state index in [1.807, 2.05) is 0 Å². The van der Waals surface area contributed by atoms with E-state index in [1.165, 1.54) is 0 Å². The fourth-order valence-electron chi connectivity index (χ4n) is 2.33. The summed E-state index contributed by atoms with van der Waals surface area (Å²) < 4.78 is 0. The van der Waals surface area contributed by atoms with Gasteiger partial charge in [0.2, 0.25) is 5.91 Å². The summed E-state index contributed by atoms with van der Waals surface area (Å²) in [5, 5.41) is 3.70. The molecule has 1 fully saturated rings. The second kappa shape index (κ2) is 6.60. The standard InChI is InChI=1S/C14H18Cl2N2O/c1-18-7-5-10(6-8-18)9-13(19)17-12-4-2-3-11(15)14(12)16/h2-4,10H,5-9H2,1H3,(H,17,19). The lowest BCUT2D eigenvalue weighted by Crippen LogP contribution is -2.31. The summed E-state index contributed by atoms with van der Waals surface area (Å²) in [4.78, 5) is 14.3. The summed E-state index contributed by atoms with van der Waals surface area (Å²) in [6.45, 7) is 2.13. The van der Waals surface area contributed by atoms with Gasteiger partial charge in [-0.2, -0.15) is 0 Å². The molecule has 19 heavy (non-hydrogen) atoms. The van der Waals surface area contributed by atoms with Gasteiger partial charge in [0.1, 0.15) is 0 Å². The largest absolute Gasteiger partial charge is 0.325 e. The predicted octanol–water partition coefficient (Wildman–Crippen LogP) is 3.66. The molecule has 1 amide bonds. The zero-order chi connectivity index (χ0) is 13.8. The van der Waals surface area contributed by atoms with Crippen molar-refractivity contribution in [1.82, 2.24) is 4.90 Å². The van der Waals surface area contributed by atoms with Crippen LogP contribution in [0.15, 0.2) is 18.2 Å². The van der Waals surface area contributed by atoms with Crippen LogP contribution in [-0.2, 0) is 4.79 Å². The first-order valence-electron chi connectivity index (χ1n) is 6.48. The third-order valence-electron chi connectivity index (χ3n) is 3.54. The van der Waals surface area contributed by atoms with E-state index in [0.717, 1.165) is 25.9 Å². The van der Waals surface area contributed by atoms with Crippen molar-refractivity contribution in [2.75, 3.05) is 25.5 Å². The van der Waals surface area contributed by atoms with Crippen molar-refractivity contribution in [3.63, 3.8) is 0 Å². The van der Waals surface area contributed by atoms with E-state index >= 15 is 0 Å². The lowest BCUT2D eigenvalue weighted by Gasteiger charge is -2.28. The summed E-state index contributed by atoms with van der Waals surface area (Å²) in [5.74, 6) is 0.480. The number of nitrogens with zero attached hydrogens (tertiary/aromatic N) is 1. The zero-order valence-electron chi connectivity index (χ0n) is 11.0. The smallest absolute Gasteiger partial charge is 0.224 e. The summed E-state index contributed by atoms with van der Waals surface area (Å²) in [6.07, 6.45) is 2.71. The van der Waals surface area contributed by atoms with Crippen LogP contribution in [0.4, 0.5) is 5.69 Å². The average Bonchev–Trinajstić information content (AvgIpc) is 2.38. The molecule has 1 aromatic carbocycles. The van der Waals surface area contributed by atoms with Crippen LogP contribution in [-0.4, -0.2) is 30.9 Å². The molecule has 0 aromatic heterocycles. The van der Waals surface area contributed by atoms with Gasteiger partial charge in [0, 0.05) is 6.42 Å². The van der Waals surface area contributed by atoms with Gasteiger partial charge in [0.05, 0.1) is 15.7 Å². The monoisotopic (exact) mass is 300 g/mol. The van der Waals surface area contributed by atoms with E-state index < -0.39 is 0 Å². The maximum absolute atomic E-state index is 12.0. The van der Waals surface area contributed by atoms with Gasteiger partial charge in [-0.25, -0.2) is 0 Å². The molecule has 1 aromatic rings. The highest BCUT2D eigenvalue weighted by Gasteiger charge is 2.20. The Hall–Kier alpha value is -0.770. The van der Waals surface area contributed by atoms with Gasteiger partial charge in [-0.05, 0) is 51.0 Å². The number of nitrogens with one attached hydrogen (secondary N) is 1. The normalized spacial score (nSPS) is 17.4. The third kappa shape index (κ3) is 4.10. The minimum absolute atomic E-state index is 0.0127. The SMILES string of the molecule is CN1CCC(CC(=O)Nc2cccc(Cl)c2Cl)CC1. The molecule has 0 aliphatic carbocycles. The molecular formula is C14H18Cl2N2O. The van der Waals surface area contributed by atoms with Crippen LogP contribution in [0.25, 0.3) is 0 Å². The molecule has 104 valence electrons. The Morgan fingerprint density at radius 3 is 2.74 bits per heavy atom. The quantitative estimate of drug-likeness (QED) is 0.924. The summed E-state index contributed by atoms with van der Waals surface area (Å²) >= 11 is 12.0. The zero-order valence-corrected chi connectivity index (χ0v) is 12.5. The molecule has 5 heteroatoms. The van der Waals surface area contributed by atoms with Crippen molar-refractivity contribution in [2.24, 2.45) is 5.92 Å². The van der Waals surface area contributed by atoms with E-state index in [1.54, 1.807) is 18.2 Å². The Morgan fingerprint density at radius 2 is 2.05 bits per heavy atom. The molecule has 0 saturated carbocycles. The fraction of sp³-hybridized carbons (Fsp3) is 0.500. The Labute approximate surface area is 123 Å². The number of likely N-dealkylation sites (tertiary alicyclic amines) is 1. The predicted molar refractivity (Wildman–Crippen MR) is 79.9 cm³/mol. The summed E-state index contributed by atoms with van der Waals surface area (Å²) in [5.41, 5.74) is 0.590. The van der Waals surface area contributed by atoms with Gasteiger partial charge in [0.25, 0.3) is 0 Å². The number of amides is 1. The van der Waals surface area contributed by atoms with E-state index in [-0.39, 0.29) is 5.91 Å². The molecule has 1 aliphatic heterocycles. The van der Waals surface area contributed by atoms with Crippen molar-refractivity contribution in [2.45, 2.75) is 19.3 Å². The molecule has 0 spiro atoms. The van der Waals surface area contributed by atoms with Gasteiger partial charge in [0.15, 0.2) is 0 Å². The number of anilines is 1. The minimum atomic E-state index is 0.0127. The van der Waals surface area contributed by atoms with Gasteiger partial charge in [-0.3, -0.25) is 4.79 Å². The Bertz CT molecular complexity index is 457. The van der Waals surface area contributed by atoms with Crippen molar-refractivity contribution in [1.29, 1.82) is 0 Å². The number of hydrogen-bond acceptors (Lipinski definition) is 2. The van der Waals surface area contributed by atoms with Crippen LogP contribution in [0.1, 0.15) is 19.3 Å². The molecule has 3 nitrogen and oxygen atoms in total. The van der Waals surface area contributed by atoms with Crippen molar-refractivity contribution in [3.8, 4) is 0 Å². The molecule has 1 N–H and O–H groups in total. The number of halogens is 2. The second-order valence-electron chi connectivity index (χ2n) is 5.10. The van der Waals surface area contributed by atoms with Crippen molar-refractivity contribution in [3.05, 3.63) is 28.2 Å². The van der Waals surface area contributed by atoms with Crippen molar-refractivity contribution >= 4 is 34.8 Å². The number of rotatable bonds is 3. The number of carbonyl (C=O) groups excluding carboxylic acids is 1. The maximum atomic E-state index is 12.0. The van der Waals surface area contributed by atoms with E-state index in [9.17, 15) is 4.79 Å². The molecule has 0 unspecified atom stereocenters. The Morgan fingerprint density at radius 1 is 1.37 bits per heavy atom. The van der Waals surface area contributed by atoms with Crippen LogP contribution >= 0.6 is 23.2 Å². The van der Waals surface area contributed by atoms with Crippen molar-refractivity contribution < 1.29 is 4.79 Å². The highest BCUT2D eigenvalue weighted by molar-refractivity contribution is 6.43. The molecule has 0 bridgehead atoms.